The third-order valence-corrected chi connectivity index (χ3v) is 4.22. The van der Waals surface area contributed by atoms with Crippen LogP contribution < -0.4 is 0 Å². The van der Waals surface area contributed by atoms with Gasteiger partial charge in [0.05, 0.1) is 6.10 Å². The Morgan fingerprint density at radius 2 is 1.76 bits per heavy atom. The normalized spacial score (nSPS) is 12.6. The second kappa shape index (κ2) is 5.67. The van der Waals surface area contributed by atoms with E-state index in [0.29, 0.717) is 11.4 Å². The molecule has 0 saturated carbocycles. The van der Waals surface area contributed by atoms with Crippen LogP contribution in [0.15, 0.2) is 36.4 Å². The van der Waals surface area contributed by atoms with E-state index < -0.39 is 6.10 Å². The Bertz CT molecular complexity index is 475. The molecule has 3 heteroatoms. The van der Waals surface area contributed by atoms with Gasteiger partial charge in [0.1, 0.15) is 0 Å². The summed E-state index contributed by atoms with van der Waals surface area (Å²) in [5.41, 5.74) is 0.917. The molecule has 2 aromatic rings. The molecule has 0 fully saturated rings. The Morgan fingerprint density at radius 3 is 2.35 bits per heavy atom. The highest BCUT2D eigenvalue weighted by molar-refractivity contribution is 7.11. The second-order valence-electron chi connectivity index (χ2n) is 3.99. The van der Waals surface area contributed by atoms with E-state index in [4.69, 9.17) is 11.6 Å². The molecule has 1 heterocycles. The molecule has 17 heavy (non-hydrogen) atoms. The van der Waals surface area contributed by atoms with Gasteiger partial charge in [-0.25, -0.2) is 0 Å². The van der Waals surface area contributed by atoms with Crippen LogP contribution in [-0.2, 0) is 12.8 Å². The van der Waals surface area contributed by atoms with Gasteiger partial charge in [-0.05, 0) is 36.2 Å². The summed E-state index contributed by atoms with van der Waals surface area (Å²) in [4.78, 5) is 2.59. The molecule has 1 nitrogen and oxygen atoms in total. The Kier molecular flexibility index (Phi) is 4.21. The lowest BCUT2D eigenvalue weighted by Crippen LogP contribution is -1.99. The summed E-state index contributed by atoms with van der Waals surface area (Å²) in [6.07, 6.45) is 1.28. The number of aliphatic hydroxyl groups excluding tert-OH is 1. The first-order chi connectivity index (χ1) is 8.19. The van der Waals surface area contributed by atoms with Crippen molar-refractivity contribution in [1.82, 2.24) is 0 Å². The molecule has 1 atom stereocenters. The molecule has 0 saturated heterocycles. The maximum Gasteiger partial charge on any atom is 0.0838 e. The molecule has 0 bridgehead atoms. The van der Waals surface area contributed by atoms with E-state index >= 15 is 0 Å². The molecular formula is C14H15ClOS. The van der Waals surface area contributed by atoms with E-state index in [0.717, 1.165) is 12.0 Å². The zero-order valence-electron chi connectivity index (χ0n) is 9.69. The summed E-state index contributed by atoms with van der Waals surface area (Å²) in [5, 5.41) is 10.8. The summed E-state index contributed by atoms with van der Waals surface area (Å²) < 4.78 is 0. The molecule has 0 amide bonds. The van der Waals surface area contributed by atoms with E-state index in [1.165, 1.54) is 9.75 Å². The van der Waals surface area contributed by atoms with Crippen LogP contribution in [0, 0.1) is 0 Å². The Hall–Kier alpha value is -0.830. The van der Waals surface area contributed by atoms with Crippen LogP contribution >= 0.6 is 22.9 Å². The number of thiophene rings is 1. The van der Waals surface area contributed by atoms with Crippen LogP contribution in [0.5, 0.6) is 0 Å². The number of hydrogen-bond acceptors (Lipinski definition) is 2. The van der Waals surface area contributed by atoms with E-state index in [9.17, 15) is 5.11 Å². The standard InChI is InChI=1S/C14H15ClOS/c1-2-12-7-8-13(17-12)9-14(16)10-3-5-11(15)6-4-10/h3-8,14,16H,2,9H2,1H3. The van der Waals surface area contributed by atoms with Crippen molar-refractivity contribution in [3.05, 3.63) is 56.7 Å². The smallest absolute Gasteiger partial charge is 0.0838 e. The average Bonchev–Trinajstić information content (AvgIpc) is 2.77. The fourth-order valence-electron chi connectivity index (χ4n) is 1.72. The van der Waals surface area contributed by atoms with Gasteiger partial charge < -0.3 is 5.11 Å². The number of aryl methyl sites for hydroxylation is 1. The van der Waals surface area contributed by atoms with Crippen molar-refractivity contribution < 1.29 is 5.11 Å². The maximum atomic E-state index is 10.1. The lowest BCUT2D eigenvalue weighted by molar-refractivity contribution is 0.179. The van der Waals surface area contributed by atoms with Crippen LogP contribution in [0.2, 0.25) is 5.02 Å². The Balaban J connectivity index is 2.05. The first-order valence-electron chi connectivity index (χ1n) is 5.70. The quantitative estimate of drug-likeness (QED) is 0.878. The summed E-state index contributed by atoms with van der Waals surface area (Å²) in [5.74, 6) is 0. The predicted octanol–water partition coefficient (Wildman–Crippen LogP) is 4.24. The SMILES string of the molecule is CCc1ccc(CC(O)c2ccc(Cl)cc2)s1. The fourth-order valence-corrected chi connectivity index (χ4v) is 2.84. The molecule has 1 N–H and O–H groups in total. The number of benzene rings is 1. The molecular weight excluding hydrogens is 252 g/mol. The van der Waals surface area contributed by atoms with E-state index in [1.54, 1.807) is 11.3 Å². The molecule has 0 aliphatic carbocycles. The Labute approximate surface area is 111 Å². The zero-order valence-corrected chi connectivity index (χ0v) is 11.3. The maximum absolute atomic E-state index is 10.1. The molecule has 90 valence electrons. The molecule has 1 aromatic carbocycles. The van der Waals surface area contributed by atoms with Crippen molar-refractivity contribution in [2.24, 2.45) is 0 Å². The first kappa shape index (κ1) is 12.6. The number of rotatable bonds is 4. The molecule has 2 rings (SSSR count). The minimum Gasteiger partial charge on any atom is -0.388 e. The number of halogens is 1. The van der Waals surface area contributed by atoms with E-state index in [2.05, 4.69) is 19.1 Å². The second-order valence-corrected chi connectivity index (χ2v) is 5.68. The monoisotopic (exact) mass is 266 g/mol. The lowest BCUT2D eigenvalue weighted by atomic mass is 10.1. The highest BCUT2D eigenvalue weighted by Gasteiger charge is 2.10. The molecule has 0 aliphatic heterocycles. The number of aliphatic hydroxyl groups is 1. The average molecular weight is 267 g/mol. The van der Waals surface area contributed by atoms with Crippen molar-refractivity contribution >= 4 is 22.9 Å². The summed E-state index contributed by atoms with van der Waals surface area (Å²) in [6.45, 7) is 2.14. The van der Waals surface area contributed by atoms with Gasteiger partial charge in [0.2, 0.25) is 0 Å². The van der Waals surface area contributed by atoms with Crippen molar-refractivity contribution in [2.75, 3.05) is 0 Å². The van der Waals surface area contributed by atoms with Gasteiger partial charge in [0.25, 0.3) is 0 Å². The highest BCUT2D eigenvalue weighted by Crippen LogP contribution is 2.24. The minimum atomic E-state index is -0.448. The van der Waals surface area contributed by atoms with Crippen molar-refractivity contribution in [1.29, 1.82) is 0 Å². The third-order valence-electron chi connectivity index (χ3n) is 2.72. The van der Waals surface area contributed by atoms with Gasteiger partial charge in [-0.15, -0.1) is 11.3 Å². The van der Waals surface area contributed by atoms with Crippen LogP contribution in [0.4, 0.5) is 0 Å². The summed E-state index contributed by atoms with van der Waals surface area (Å²) in [6, 6.07) is 11.6. The fraction of sp³-hybridized carbons (Fsp3) is 0.286. The van der Waals surface area contributed by atoms with Crippen molar-refractivity contribution in [2.45, 2.75) is 25.9 Å². The predicted molar refractivity (Wildman–Crippen MR) is 73.8 cm³/mol. The van der Waals surface area contributed by atoms with E-state index in [-0.39, 0.29) is 0 Å². The van der Waals surface area contributed by atoms with Gasteiger partial charge in [-0.3, -0.25) is 0 Å². The molecule has 1 aromatic heterocycles. The lowest BCUT2D eigenvalue weighted by Gasteiger charge is -2.09. The van der Waals surface area contributed by atoms with Crippen LogP contribution in [-0.4, -0.2) is 5.11 Å². The molecule has 0 spiro atoms. The molecule has 1 unspecified atom stereocenters. The van der Waals surface area contributed by atoms with Crippen LogP contribution in [0.25, 0.3) is 0 Å². The van der Waals surface area contributed by atoms with Crippen molar-refractivity contribution in [3.63, 3.8) is 0 Å². The first-order valence-corrected chi connectivity index (χ1v) is 6.89. The van der Waals surface area contributed by atoms with Gasteiger partial charge in [-0.1, -0.05) is 30.7 Å². The van der Waals surface area contributed by atoms with Crippen LogP contribution in [0.3, 0.4) is 0 Å². The van der Waals surface area contributed by atoms with Crippen LogP contribution in [0.1, 0.15) is 28.3 Å². The van der Waals surface area contributed by atoms with Gasteiger partial charge in [0.15, 0.2) is 0 Å². The largest absolute Gasteiger partial charge is 0.388 e. The topological polar surface area (TPSA) is 20.2 Å². The highest BCUT2D eigenvalue weighted by atomic mass is 35.5. The molecule has 0 aliphatic rings. The summed E-state index contributed by atoms with van der Waals surface area (Å²) >= 11 is 7.59. The van der Waals surface area contributed by atoms with Gasteiger partial charge in [0, 0.05) is 21.2 Å². The van der Waals surface area contributed by atoms with Crippen molar-refractivity contribution in [3.8, 4) is 0 Å². The number of hydrogen-bond donors (Lipinski definition) is 1. The molecule has 0 radical (unpaired) electrons. The summed E-state index contributed by atoms with van der Waals surface area (Å²) in [7, 11) is 0. The Morgan fingerprint density at radius 1 is 1.12 bits per heavy atom. The van der Waals surface area contributed by atoms with Gasteiger partial charge in [-0.2, -0.15) is 0 Å². The zero-order chi connectivity index (χ0) is 12.3. The van der Waals surface area contributed by atoms with E-state index in [1.807, 2.05) is 24.3 Å². The minimum absolute atomic E-state index is 0.448. The van der Waals surface area contributed by atoms with Gasteiger partial charge >= 0.3 is 0 Å². The third kappa shape index (κ3) is 3.32.